The summed E-state index contributed by atoms with van der Waals surface area (Å²) in [6.07, 6.45) is 5.36. The first-order chi connectivity index (χ1) is 10.1. The molecule has 6 nitrogen and oxygen atoms in total. The molecule has 2 heterocycles. The summed E-state index contributed by atoms with van der Waals surface area (Å²) < 4.78 is 1.94. The molecular formula is C15H23N5O. The monoisotopic (exact) mass is 289 g/mol. The van der Waals surface area contributed by atoms with Crippen LogP contribution in [0.5, 0.6) is 0 Å². The van der Waals surface area contributed by atoms with Crippen molar-refractivity contribution in [3.8, 4) is 0 Å². The van der Waals surface area contributed by atoms with Gasteiger partial charge in [-0.2, -0.15) is 5.10 Å². The summed E-state index contributed by atoms with van der Waals surface area (Å²) in [5.74, 6) is 3.13. The molecule has 2 fully saturated rings. The molecule has 2 saturated carbocycles. The first kappa shape index (κ1) is 13.2. The second-order valence-corrected chi connectivity index (χ2v) is 6.94. The Morgan fingerprint density at radius 2 is 2.14 bits per heavy atom. The van der Waals surface area contributed by atoms with Crippen LogP contribution in [0.15, 0.2) is 0 Å². The van der Waals surface area contributed by atoms with E-state index in [2.05, 4.69) is 15.4 Å². The van der Waals surface area contributed by atoms with E-state index < -0.39 is 0 Å². The van der Waals surface area contributed by atoms with Gasteiger partial charge in [0.1, 0.15) is 11.6 Å². The number of aromatic nitrogens is 3. The minimum Gasteiger partial charge on any atom is -0.351 e. The Hall–Kier alpha value is -1.43. The SMILES string of the molecule is Cc1nc2n(n1)CC(NC(=O)C1C3CCC(C3)C1N)CC2. The largest absolute Gasteiger partial charge is 0.351 e. The zero-order chi connectivity index (χ0) is 14.6. The zero-order valence-corrected chi connectivity index (χ0v) is 12.5. The lowest BCUT2D eigenvalue weighted by Crippen LogP contribution is -2.50. The van der Waals surface area contributed by atoms with Gasteiger partial charge in [-0.3, -0.25) is 4.79 Å². The number of nitrogens with two attached hydrogens (primary N) is 1. The van der Waals surface area contributed by atoms with Gasteiger partial charge in [-0.25, -0.2) is 9.67 Å². The van der Waals surface area contributed by atoms with E-state index in [9.17, 15) is 4.79 Å². The highest BCUT2D eigenvalue weighted by Crippen LogP contribution is 2.47. The third-order valence-electron chi connectivity index (χ3n) is 5.59. The summed E-state index contributed by atoms with van der Waals surface area (Å²) in [4.78, 5) is 17.0. The molecule has 1 aliphatic heterocycles. The molecule has 1 aromatic heterocycles. The van der Waals surface area contributed by atoms with Gasteiger partial charge in [0.15, 0.2) is 0 Å². The van der Waals surface area contributed by atoms with Crippen LogP contribution in [-0.2, 0) is 17.8 Å². The third-order valence-corrected chi connectivity index (χ3v) is 5.59. The van der Waals surface area contributed by atoms with Crippen LogP contribution >= 0.6 is 0 Å². The van der Waals surface area contributed by atoms with Gasteiger partial charge in [-0.15, -0.1) is 0 Å². The Kier molecular flexibility index (Phi) is 3.03. The van der Waals surface area contributed by atoms with Gasteiger partial charge in [-0.05, 0) is 44.4 Å². The Morgan fingerprint density at radius 1 is 1.33 bits per heavy atom. The van der Waals surface area contributed by atoms with Gasteiger partial charge in [-0.1, -0.05) is 0 Å². The van der Waals surface area contributed by atoms with E-state index in [1.807, 2.05) is 11.6 Å². The number of nitrogens with zero attached hydrogens (tertiary/aromatic N) is 3. The Morgan fingerprint density at radius 3 is 2.90 bits per heavy atom. The van der Waals surface area contributed by atoms with Gasteiger partial charge in [0.2, 0.25) is 5.91 Å². The number of carbonyl (C=O) groups excluding carboxylic acids is 1. The molecule has 5 atom stereocenters. The van der Waals surface area contributed by atoms with E-state index >= 15 is 0 Å². The predicted octanol–water partition coefficient (Wildman–Crippen LogP) is 0.391. The summed E-state index contributed by atoms with van der Waals surface area (Å²) in [5.41, 5.74) is 6.26. The fraction of sp³-hybridized carbons (Fsp3) is 0.800. The number of hydrogen-bond acceptors (Lipinski definition) is 4. The number of nitrogens with one attached hydrogen (secondary N) is 1. The molecule has 5 unspecified atom stereocenters. The van der Waals surface area contributed by atoms with Gasteiger partial charge in [0.25, 0.3) is 0 Å². The number of fused-ring (bicyclic) bond motifs is 3. The molecule has 1 amide bonds. The smallest absolute Gasteiger partial charge is 0.225 e. The summed E-state index contributed by atoms with van der Waals surface area (Å²) in [7, 11) is 0. The molecule has 4 rings (SSSR count). The highest BCUT2D eigenvalue weighted by molar-refractivity contribution is 5.80. The van der Waals surface area contributed by atoms with Gasteiger partial charge < -0.3 is 11.1 Å². The summed E-state index contributed by atoms with van der Waals surface area (Å²) in [5, 5.41) is 7.61. The summed E-state index contributed by atoms with van der Waals surface area (Å²) in [6, 6.07) is 0.231. The van der Waals surface area contributed by atoms with Crippen LogP contribution in [0.2, 0.25) is 0 Å². The molecule has 6 heteroatoms. The molecular weight excluding hydrogens is 266 g/mol. The van der Waals surface area contributed by atoms with Gasteiger partial charge >= 0.3 is 0 Å². The van der Waals surface area contributed by atoms with Crippen LogP contribution in [0.1, 0.15) is 37.3 Å². The molecule has 114 valence electrons. The van der Waals surface area contributed by atoms with Gasteiger partial charge in [0.05, 0.1) is 12.5 Å². The van der Waals surface area contributed by atoms with E-state index in [1.54, 1.807) is 0 Å². The van der Waals surface area contributed by atoms with Crippen molar-refractivity contribution in [2.75, 3.05) is 0 Å². The summed E-state index contributed by atoms with van der Waals surface area (Å²) >= 11 is 0. The van der Waals surface area contributed by atoms with Crippen molar-refractivity contribution in [2.45, 2.75) is 57.7 Å². The maximum atomic E-state index is 12.6. The van der Waals surface area contributed by atoms with Crippen LogP contribution in [0.4, 0.5) is 0 Å². The lowest BCUT2D eigenvalue weighted by Gasteiger charge is -2.30. The van der Waals surface area contributed by atoms with Crippen molar-refractivity contribution in [1.82, 2.24) is 20.1 Å². The topological polar surface area (TPSA) is 85.8 Å². The van der Waals surface area contributed by atoms with E-state index in [1.165, 1.54) is 12.8 Å². The van der Waals surface area contributed by atoms with Crippen LogP contribution in [0.25, 0.3) is 0 Å². The molecule has 21 heavy (non-hydrogen) atoms. The summed E-state index contributed by atoms with van der Waals surface area (Å²) in [6.45, 7) is 2.64. The zero-order valence-electron chi connectivity index (χ0n) is 12.5. The molecule has 0 saturated heterocycles. The second-order valence-electron chi connectivity index (χ2n) is 6.94. The van der Waals surface area contributed by atoms with Crippen LogP contribution in [-0.4, -0.2) is 32.8 Å². The minimum atomic E-state index is 0.0302. The second kappa shape index (κ2) is 4.80. The fourth-order valence-corrected chi connectivity index (χ4v) is 4.57. The number of carbonyl (C=O) groups is 1. The number of rotatable bonds is 2. The number of aryl methyl sites for hydroxylation is 2. The molecule has 3 N–H and O–H groups in total. The Balaban J connectivity index is 1.42. The van der Waals surface area contributed by atoms with E-state index in [-0.39, 0.29) is 23.9 Å². The van der Waals surface area contributed by atoms with Crippen molar-refractivity contribution < 1.29 is 4.79 Å². The quantitative estimate of drug-likeness (QED) is 0.825. The molecule has 0 spiro atoms. The van der Waals surface area contributed by atoms with Gasteiger partial charge in [0, 0.05) is 18.5 Å². The number of amides is 1. The molecule has 2 aliphatic carbocycles. The Bertz CT molecular complexity index is 566. The van der Waals surface area contributed by atoms with Crippen LogP contribution in [0, 0.1) is 24.7 Å². The molecule has 3 aliphatic rings. The molecule has 2 bridgehead atoms. The third kappa shape index (κ3) is 2.16. The van der Waals surface area contributed by atoms with Crippen molar-refractivity contribution in [3.05, 3.63) is 11.6 Å². The maximum Gasteiger partial charge on any atom is 0.225 e. The molecule has 1 aromatic rings. The molecule has 0 aromatic carbocycles. The molecule has 0 radical (unpaired) electrons. The van der Waals surface area contributed by atoms with Crippen LogP contribution in [0.3, 0.4) is 0 Å². The number of hydrogen-bond donors (Lipinski definition) is 2. The normalized spacial score (nSPS) is 37.5. The van der Waals surface area contributed by atoms with E-state index in [4.69, 9.17) is 5.73 Å². The first-order valence-corrected chi connectivity index (χ1v) is 8.08. The van der Waals surface area contributed by atoms with Crippen molar-refractivity contribution in [2.24, 2.45) is 23.5 Å². The predicted molar refractivity (Wildman–Crippen MR) is 77.3 cm³/mol. The highest BCUT2D eigenvalue weighted by atomic mass is 16.2. The average Bonchev–Trinajstić information content (AvgIpc) is 3.10. The fourth-order valence-electron chi connectivity index (χ4n) is 4.57. The average molecular weight is 289 g/mol. The lowest BCUT2D eigenvalue weighted by atomic mass is 9.84. The maximum absolute atomic E-state index is 12.6. The highest BCUT2D eigenvalue weighted by Gasteiger charge is 2.49. The first-order valence-electron chi connectivity index (χ1n) is 8.08. The lowest BCUT2D eigenvalue weighted by molar-refractivity contribution is -0.128. The van der Waals surface area contributed by atoms with E-state index in [0.29, 0.717) is 11.8 Å². The van der Waals surface area contributed by atoms with Crippen LogP contribution < -0.4 is 11.1 Å². The Labute approximate surface area is 124 Å². The van der Waals surface area contributed by atoms with E-state index in [0.717, 1.165) is 37.5 Å². The van der Waals surface area contributed by atoms with Crippen molar-refractivity contribution in [1.29, 1.82) is 0 Å². The van der Waals surface area contributed by atoms with Crippen molar-refractivity contribution >= 4 is 5.91 Å². The van der Waals surface area contributed by atoms with Crippen molar-refractivity contribution in [3.63, 3.8) is 0 Å². The minimum absolute atomic E-state index is 0.0302. The standard InChI is InChI=1S/C15H23N5O/c1-8-17-12-5-4-11(7-20(12)19-8)18-15(21)13-9-2-3-10(6-9)14(13)16/h9-11,13-14H,2-7,16H2,1H3,(H,18,21).